The first-order chi connectivity index (χ1) is 7.52. The Balaban J connectivity index is 2.76. The number of methoxy groups -OCH3 is 1. The highest BCUT2D eigenvalue weighted by atomic mass is 16.5. The van der Waals surface area contributed by atoms with Crippen LogP contribution >= 0.6 is 0 Å². The number of hydrogen-bond donors (Lipinski definition) is 1. The summed E-state index contributed by atoms with van der Waals surface area (Å²) in [6.07, 6.45) is 0. The fraction of sp³-hybridized carbons (Fsp3) is 0.545. The van der Waals surface area contributed by atoms with Gasteiger partial charge in [-0.25, -0.2) is 9.97 Å². The van der Waals surface area contributed by atoms with E-state index >= 15 is 0 Å². The van der Waals surface area contributed by atoms with Crippen molar-refractivity contribution in [3.8, 4) is 0 Å². The van der Waals surface area contributed by atoms with E-state index in [9.17, 15) is 4.79 Å². The summed E-state index contributed by atoms with van der Waals surface area (Å²) in [4.78, 5) is 19.5. The maximum Gasteiger partial charge on any atom is 0.325 e. The third kappa shape index (κ3) is 3.49. The van der Waals surface area contributed by atoms with Crippen LogP contribution < -0.4 is 5.32 Å². The van der Waals surface area contributed by atoms with Crippen LogP contribution in [0.15, 0.2) is 6.07 Å². The van der Waals surface area contributed by atoms with Crippen LogP contribution in [0.1, 0.15) is 31.2 Å². The lowest BCUT2D eigenvalue weighted by Crippen LogP contribution is -2.17. The summed E-state index contributed by atoms with van der Waals surface area (Å²) in [7, 11) is 1.35. The van der Waals surface area contributed by atoms with Crippen molar-refractivity contribution in [3.63, 3.8) is 0 Å². The molecule has 0 spiro atoms. The molecule has 0 unspecified atom stereocenters. The molecule has 0 amide bonds. The molecule has 0 aromatic carbocycles. The van der Waals surface area contributed by atoms with Gasteiger partial charge in [-0.3, -0.25) is 4.79 Å². The molecule has 0 saturated heterocycles. The molecule has 0 fully saturated rings. The zero-order chi connectivity index (χ0) is 12.1. The van der Waals surface area contributed by atoms with Crippen LogP contribution in [0.25, 0.3) is 0 Å². The highest BCUT2D eigenvalue weighted by molar-refractivity contribution is 5.74. The van der Waals surface area contributed by atoms with Crippen molar-refractivity contribution in [2.75, 3.05) is 19.0 Å². The minimum Gasteiger partial charge on any atom is -0.468 e. The summed E-state index contributed by atoms with van der Waals surface area (Å²) in [6.45, 7) is 6.10. The molecule has 1 rings (SSSR count). The first-order valence-electron chi connectivity index (χ1n) is 5.19. The van der Waals surface area contributed by atoms with E-state index in [-0.39, 0.29) is 12.5 Å². The molecule has 0 aliphatic rings. The molecule has 16 heavy (non-hydrogen) atoms. The third-order valence-electron chi connectivity index (χ3n) is 2.08. The van der Waals surface area contributed by atoms with Gasteiger partial charge >= 0.3 is 5.97 Å². The Morgan fingerprint density at radius 1 is 1.50 bits per heavy atom. The normalized spacial score (nSPS) is 10.3. The number of rotatable bonds is 4. The molecule has 0 bridgehead atoms. The average Bonchev–Trinajstić information content (AvgIpc) is 2.25. The smallest absolute Gasteiger partial charge is 0.325 e. The van der Waals surface area contributed by atoms with Crippen molar-refractivity contribution in [2.45, 2.75) is 26.7 Å². The summed E-state index contributed by atoms with van der Waals surface area (Å²) in [5.74, 6) is 0.464. The first-order valence-corrected chi connectivity index (χ1v) is 5.19. The minimum atomic E-state index is -0.337. The Morgan fingerprint density at radius 3 is 2.75 bits per heavy atom. The lowest BCUT2D eigenvalue weighted by atomic mass is 10.1. The number of carbonyl (C=O) groups excluding carboxylic acids is 1. The number of nitrogens with zero attached hydrogens (tertiary/aromatic N) is 2. The maximum absolute atomic E-state index is 10.9. The predicted molar refractivity (Wildman–Crippen MR) is 61.4 cm³/mol. The quantitative estimate of drug-likeness (QED) is 0.783. The minimum absolute atomic E-state index is 0.0808. The van der Waals surface area contributed by atoms with Crippen LogP contribution in [0.2, 0.25) is 0 Å². The molecule has 0 aliphatic heterocycles. The van der Waals surface area contributed by atoms with E-state index in [4.69, 9.17) is 0 Å². The summed E-state index contributed by atoms with van der Waals surface area (Å²) in [5.41, 5.74) is 1.84. The highest BCUT2D eigenvalue weighted by Crippen LogP contribution is 2.14. The molecule has 1 N–H and O–H groups in total. The van der Waals surface area contributed by atoms with Crippen LogP contribution in [0, 0.1) is 6.92 Å². The number of aryl methyl sites for hydroxylation is 1. The zero-order valence-corrected chi connectivity index (χ0v) is 10.1. The van der Waals surface area contributed by atoms with Gasteiger partial charge in [0.2, 0.25) is 5.95 Å². The fourth-order valence-corrected chi connectivity index (χ4v) is 1.19. The van der Waals surface area contributed by atoms with Crippen molar-refractivity contribution in [1.82, 2.24) is 9.97 Å². The number of anilines is 1. The lowest BCUT2D eigenvalue weighted by Gasteiger charge is -2.09. The standard InChI is InChI=1S/C11H17N3O2/c1-7(2)9-5-8(3)13-11(14-9)12-6-10(15)16-4/h5,7H,6H2,1-4H3,(H,12,13,14). The van der Waals surface area contributed by atoms with E-state index in [1.165, 1.54) is 7.11 Å². The second-order valence-electron chi connectivity index (χ2n) is 3.84. The van der Waals surface area contributed by atoms with Crippen LogP contribution in [0.4, 0.5) is 5.95 Å². The van der Waals surface area contributed by atoms with Crippen LogP contribution in [0.3, 0.4) is 0 Å². The Bertz CT molecular complexity index is 377. The van der Waals surface area contributed by atoms with Gasteiger partial charge in [-0.05, 0) is 18.9 Å². The Labute approximate surface area is 95.3 Å². The number of hydrogen-bond acceptors (Lipinski definition) is 5. The van der Waals surface area contributed by atoms with E-state index in [0.717, 1.165) is 11.4 Å². The summed E-state index contributed by atoms with van der Waals surface area (Å²) in [5, 5.41) is 2.83. The maximum atomic E-state index is 10.9. The second-order valence-corrected chi connectivity index (χ2v) is 3.84. The number of aromatic nitrogens is 2. The van der Waals surface area contributed by atoms with E-state index in [2.05, 4.69) is 33.9 Å². The van der Waals surface area contributed by atoms with Crippen LogP contribution in [-0.2, 0) is 9.53 Å². The lowest BCUT2D eigenvalue weighted by molar-refractivity contribution is -0.138. The second kappa shape index (κ2) is 5.44. The topological polar surface area (TPSA) is 64.1 Å². The van der Waals surface area contributed by atoms with Crippen molar-refractivity contribution in [3.05, 3.63) is 17.5 Å². The molecule has 0 aliphatic carbocycles. The van der Waals surface area contributed by atoms with Gasteiger partial charge in [0.05, 0.1) is 7.11 Å². The molecule has 1 aromatic heterocycles. The number of ether oxygens (including phenoxy) is 1. The van der Waals surface area contributed by atoms with Gasteiger partial charge in [-0.2, -0.15) is 0 Å². The van der Waals surface area contributed by atoms with Gasteiger partial charge in [0.25, 0.3) is 0 Å². The molecular formula is C11H17N3O2. The molecule has 5 heteroatoms. The molecule has 88 valence electrons. The summed E-state index contributed by atoms with van der Waals surface area (Å²) < 4.78 is 4.52. The van der Waals surface area contributed by atoms with Gasteiger partial charge in [0, 0.05) is 11.4 Å². The Kier molecular flexibility index (Phi) is 4.22. The largest absolute Gasteiger partial charge is 0.468 e. The first kappa shape index (κ1) is 12.4. The number of nitrogens with one attached hydrogen (secondary N) is 1. The van der Waals surface area contributed by atoms with Crippen molar-refractivity contribution in [2.24, 2.45) is 0 Å². The SMILES string of the molecule is COC(=O)CNc1nc(C)cc(C(C)C)n1. The Hall–Kier alpha value is -1.65. The van der Waals surface area contributed by atoms with Crippen molar-refractivity contribution >= 4 is 11.9 Å². The molecule has 5 nitrogen and oxygen atoms in total. The predicted octanol–water partition coefficient (Wildman–Crippen LogP) is 1.49. The summed E-state index contributed by atoms with van der Waals surface area (Å²) in [6, 6.07) is 1.94. The molecule has 0 saturated carbocycles. The van der Waals surface area contributed by atoms with E-state index in [1.807, 2.05) is 13.0 Å². The van der Waals surface area contributed by atoms with Gasteiger partial charge in [-0.1, -0.05) is 13.8 Å². The average molecular weight is 223 g/mol. The zero-order valence-electron chi connectivity index (χ0n) is 10.1. The fourth-order valence-electron chi connectivity index (χ4n) is 1.19. The number of esters is 1. The van der Waals surface area contributed by atoms with Crippen molar-refractivity contribution < 1.29 is 9.53 Å². The van der Waals surface area contributed by atoms with Crippen molar-refractivity contribution in [1.29, 1.82) is 0 Å². The third-order valence-corrected chi connectivity index (χ3v) is 2.08. The number of carbonyl (C=O) groups is 1. The molecule has 0 atom stereocenters. The Morgan fingerprint density at radius 2 is 2.19 bits per heavy atom. The highest BCUT2D eigenvalue weighted by Gasteiger charge is 2.07. The van der Waals surface area contributed by atoms with E-state index in [0.29, 0.717) is 11.9 Å². The van der Waals surface area contributed by atoms with E-state index < -0.39 is 0 Å². The monoisotopic (exact) mass is 223 g/mol. The van der Waals surface area contributed by atoms with Gasteiger partial charge in [0.15, 0.2) is 0 Å². The van der Waals surface area contributed by atoms with Gasteiger partial charge in [0.1, 0.15) is 6.54 Å². The van der Waals surface area contributed by atoms with Crippen LogP contribution in [0.5, 0.6) is 0 Å². The molecular weight excluding hydrogens is 206 g/mol. The molecule has 1 aromatic rings. The molecule has 1 heterocycles. The van der Waals surface area contributed by atoms with E-state index in [1.54, 1.807) is 0 Å². The van der Waals surface area contributed by atoms with Gasteiger partial charge < -0.3 is 10.1 Å². The van der Waals surface area contributed by atoms with Crippen LogP contribution in [-0.4, -0.2) is 29.6 Å². The van der Waals surface area contributed by atoms with Gasteiger partial charge in [-0.15, -0.1) is 0 Å². The molecule has 0 radical (unpaired) electrons. The summed E-state index contributed by atoms with van der Waals surface area (Å²) >= 11 is 0.